The van der Waals surface area contributed by atoms with Gasteiger partial charge >= 0.3 is 0 Å². The van der Waals surface area contributed by atoms with Gasteiger partial charge in [-0.3, -0.25) is 0 Å². The van der Waals surface area contributed by atoms with Gasteiger partial charge in [-0.15, -0.1) is 12.3 Å². The molecule has 0 radical (unpaired) electrons. The zero-order valence-corrected chi connectivity index (χ0v) is 13.7. The van der Waals surface area contributed by atoms with Gasteiger partial charge in [-0.2, -0.15) is 0 Å². The van der Waals surface area contributed by atoms with Crippen LogP contribution >= 0.6 is 0 Å². The summed E-state index contributed by atoms with van der Waals surface area (Å²) in [6, 6.07) is 0. The van der Waals surface area contributed by atoms with Gasteiger partial charge in [0.25, 0.3) is 0 Å². The van der Waals surface area contributed by atoms with E-state index >= 15 is 0 Å². The number of unbranched alkanes of at least 4 members (excludes halogenated alkanes) is 1. The van der Waals surface area contributed by atoms with E-state index in [9.17, 15) is 10.2 Å². The molecule has 116 valence electrons. The summed E-state index contributed by atoms with van der Waals surface area (Å²) >= 11 is 0. The van der Waals surface area contributed by atoms with Crippen molar-refractivity contribution in [2.45, 2.75) is 59.8 Å². The lowest BCUT2D eigenvalue weighted by Gasteiger charge is -2.29. The molecular formula is C18H32O2. The zero-order valence-electron chi connectivity index (χ0n) is 13.7. The minimum absolute atomic E-state index is 0.0284. The molecule has 0 atom stereocenters. The number of terminal acetylenes is 1. The van der Waals surface area contributed by atoms with E-state index in [1.807, 2.05) is 0 Å². The van der Waals surface area contributed by atoms with Gasteiger partial charge in [-0.1, -0.05) is 39.3 Å². The van der Waals surface area contributed by atoms with E-state index in [0.717, 1.165) is 25.7 Å². The zero-order chi connectivity index (χ0) is 15.6. The molecule has 0 unspecified atom stereocenters. The summed E-state index contributed by atoms with van der Waals surface area (Å²) < 4.78 is 0. The third-order valence-electron chi connectivity index (χ3n) is 4.09. The van der Waals surface area contributed by atoms with E-state index in [1.54, 1.807) is 0 Å². The topological polar surface area (TPSA) is 40.5 Å². The Morgan fingerprint density at radius 2 is 1.65 bits per heavy atom. The van der Waals surface area contributed by atoms with Gasteiger partial charge in [0.2, 0.25) is 0 Å². The molecule has 0 aliphatic heterocycles. The predicted molar refractivity (Wildman–Crippen MR) is 86.3 cm³/mol. The van der Waals surface area contributed by atoms with Gasteiger partial charge in [0, 0.05) is 11.8 Å². The highest BCUT2D eigenvalue weighted by atomic mass is 16.3. The van der Waals surface area contributed by atoms with Crippen LogP contribution in [0.15, 0.2) is 11.6 Å². The van der Waals surface area contributed by atoms with Gasteiger partial charge < -0.3 is 10.2 Å². The first-order valence-electron chi connectivity index (χ1n) is 7.77. The summed E-state index contributed by atoms with van der Waals surface area (Å²) in [6.45, 7) is 8.91. The first-order chi connectivity index (χ1) is 9.42. The minimum atomic E-state index is -0.383. The van der Waals surface area contributed by atoms with Gasteiger partial charge in [-0.05, 0) is 37.5 Å². The lowest BCUT2D eigenvalue weighted by atomic mass is 9.79. The second kappa shape index (κ2) is 10.0. The first kappa shape index (κ1) is 19.2. The fourth-order valence-electron chi connectivity index (χ4n) is 2.74. The molecule has 0 fully saturated rings. The molecule has 0 bridgehead atoms. The summed E-state index contributed by atoms with van der Waals surface area (Å²) in [6.07, 6.45) is 11.6. The van der Waals surface area contributed by atoms with E-state index in [2.05, 4.69) is 39.7 Å². The highest BCUT2D eigenvalue weighted by molar-refractivity contribution is 5.07. The maximum absolute atomic E-state index is 9.63. The maximum atomic E-state index is 9.63. The average Bonchev–Trinajstić information content (AvgIpc) is 2.41. The first-order valence-corrected chi connectivity index (χ1v) is 7.77. The fraction of sp³-hybridized carbons (Fsp3) is 0.778. The van der Waals surface area contributed by atoms with E-state index in [0.29, 0.717) is 18.3 Å². The van der Waals surface area contributed by atoms with Crippen molar-refractivity contribution in [2.75, 3.05) is 13.2 Å². The number of allylic oxidation sites excluding steroid dienone is 2. The molecule has 0 rings (SSSR count). The van der Waals surface area contributed by atoms with Crippen molar-refractivity contribution in [3.8, 4) is 12.3 Å². The average molecular weight is 280 g/mol. The van der Waals surface area contributed by atoms with E-state index in [-0.39, 0.29) is 18.6 Å². The van der Waals surface area contributed by atoms with Crippen molar-refractivity contribution in [3.63, 3.8) is 0 Å². The summed E-state index contributed by atoms with van der Waals surface area (Å²) in [7, 11) is 0. The molecule has 2 heteroatoms. The van der Waals surface area contributed by atoms with Gasteiger partial charge in [0.15, 0.2) is 0 Å². The summed E-state index contributed by atoms with van der Waals surface area (Å²) in [4.78, 5) is 0. The van der Waals surface area contributed by atoms with Crippen molar-refractivity contribution in [1.82, 2.24) is 0 Å². The van der Waals surface area contributed by atoms with Crippen molar-refractivity contribution < 1.29 is 10.2 Å². The molecule has 2 N–H and O–H groups in total. The van der Waals surface area contributed by atoms with Gasteiger partial charge in [0.05, 0.1) is 13.2 Å². The lowest BCUT2D eigenvalue weighted by Crippen LogP contribution is -2.29. The molecule has 0 aliphatic carbocycles. The Bertz CT molecular complexity index is 307. The van der Waals surface area contributed by atoms with Crippen LogP contribution in [0.1, 0.15) is 59.8 Å². The molecule has 0 spiro atoms. The molecule has 0 aromatic heterocycles. The van der Waals surface area contributed by atoms with Crippen LogP contribution in [0.3, 0.4) is 0 Å². The highest BCUT2D eigenvalue weighted by Gasteiger charge is 2.27. The number of hydrogen-bond acceptors (Lipinski definition) is 2. The third kappa shape index (κ3) is 6.59. The van der Waals surface area contributed by atoms with Gasteiger partial charge in [0.1, 0.15) is 0 Å². The predicted octanol–water partition coefficient (Wildman–Crippen LogP) is 3.78. The minimum Gasteiger partial charge on any atom is -0.396 e. The van der Waals surface area contributed by atoms with E-state index in [4.69, 9.17) is 6.42 Å². The largest absolute Gasteiger partial charge is 0.396 e. The molecule has 0 saturated carbocycles. The van der Waals surface area contributed by atoms with Crippen molar-refractivity contribution in [1.29, 1.82) is 0 Å². The second-order valence-corrected chi connectivity index (χ2v) is 6.43. The molecule has 0 aromatic rings. The fourth-order valence-corrected chi connectivity index (χ4v) is 2.74. The Morgan fingerprint density at radius 1 is 1.10 bits per heavy atom. The Balaban J connectivity index is 4.61. The Morgan fingerprint density at radius 3 is 2.05 bits per heavy atom. The third-order valence-corrected chi connectivity index (χ3v) is 4.09. The van der Waals surface area contributed by atoms with Gasteiger partial charge in [-0.25, -0.2) is 0 Å². The number of aliphatic hydroxyl groups excluding tert-OH is 2. The van der Waals surface area contributed by atoms with Crippen LogP contribution in [-0.2, 0) is 0 Å². The molecule has 0 saturated heterocycles. The highest BCUT2D eigenvalue weighted by Crippen LogP contribution is 2.31. The Hall–Kier alpha value is -0.780. The van der Waals surface area contributed by atoms with E-state index in [1.165, 1.54) is 5.57 Å². The van der Waals surface area contributed by atoms with Crippen LogP contribution in [0.25, 0.3) is 0 Å². The van der Waals surface area contributed by atoms with Crippen LogP contribution in [0.5, 0.6) is 0 Å². The Kier molecular flexibility index (Phi) is 9.63. The Labute approximate surface area is 125 Å². The van der Waals surface area contributed by atoms with Crippen molar-refractivity contribution in [2.24, 2.45) is 17.3 Å². The number of rotatable bonds is 10. The monoisotopic (exact) mass is 280 g/mol. The molecular weight excluding hydrogens is 248 g/mol. The summed E-state index contributed by atoms with van der Waals surface area (Å²) in [5, 5.41) is 19.3. The van der Waals surface area contributed by atoms with Crippen LogP contribution in [-0.4, -0.2) is 23.4 Å². The van der Waals surface area contributed by atoms with Crippen molar-refractivity contribution in [3.05, 3.63) is 11.6 Å². The van der Waals surface area contributed by atoms with Crippen LogP contribution in [0.4, 0.5) is 0 Å². The van der Waals surface area contributed by atoms with Crippen LogP contribution < -0.4 is 0 Å². The van der Waals surface area contributed by atoms with Crippen molar-refractivity contribution >= 4 is 0 Å². The quantitative estimate of drug-likeness (QED) is 0.363. The maximum Gasteiger partial charge on any atom is 0.0509 e. The molecule has 0 aromatic carbocycles. The molecule has 2 nitrogen and oxygen atoms in total. The molecule has 0 heterocycles. The lowest BCUT2D eigenvalue weighted by molar-refractivity contribution is 0.0391. The number of aliphatic hydroxyl groups is 2. The molecule has 0 amide bonds. The van der Waals surface area contributed by atoms with Crippen LogP contribution in [0, 0.1) is 29.6 Å². The summed E-state index contributed by atoms with van der Waals surface area (Å²) in [5.41, 5.74) is 1.07. The number of hydrogen-bond donors (Lipinski definition) is 2. The summed E-state index contributed by atoms with van der Waals surface area (Å²) in [5.74, 6) is 3.72. The normalized spacial score (nSPS) is 11.8. The standard InChI is InChI=1S/C18H32O2/c1-6-7-8-11-18(13-19,14-20)12-9-10-17(15(2)3)16(4)5/h1,10,15-16,19-20H,7-9,11-14H2,2-5H3. The second-order valence-electron chi connectivity index (χ2n) is 6.43. The SMILES string of the molecule is C#CCCCC(CO)(CO)CCC=C(C(C)C)C(C)C. The molecule has 20 heavy (non-hydrogen) atoms. The smallest absolute Gasteiger partial charge is 0.0509 e. The van der Waals surface area contributed by atoms with Crippen LogP contribution in [0.2, 0.25) is 0 Å². The molecule has 0 aliphatic rings. The van der Waals surface area contributed by atoms with E-state index < -0.39 is 0 Å².